The molecule has 1 aromatic heterocycles. The van der Waals surface area contributed by atoms with Crippen molar-refractivity contribution in [3.05, 3.63) is 60.1 Å². The van der Waals surface area contributed by atoms with Gasteiger partial charge in [-0.1, -0.05) is 30.3 Å². The average Bonchev–Trinajstić information content (AvgIpc) is 3.03. The van der Waals surface area contributed by atoms with Gasteiger partial charge in [-0.3, -0.25) is 0 Å². The number of rotatable bonds is 4. The van der Waals surface area contributed by atoms with Gasteiger partial charge in [-0.2, -0.15) is 0 Å². The summed E-state index contributed by atoms with van der Waals surface area (Å²) < 4.78 is 5.16. The Kier molecular flexibility index (Phi) is 4.22. The normalized spacial score (nSPS) is 24.4. The first-order valence-corrected chi connectivity index (χ1v) is 7.66. The smallest absolute Gasteiger partial charge is 0.0950 e. The first-order chi connectivity index (χ1) is 9.83. The van der Waals surface area contributed by atoms with Crippen molar-refractivity contribution in [3.8, 4) is 0 Å². The fraction of sp³-hybridized carbons (Fsp3) is 0.444. The SMILES string of the molecule is CC(NC1CCC(c2ccccc2)CC1)c1ccoc1. The fourth-order valence-corrected chi connectivity index (χ4v) is 3.29. The summed E-state index contributed by atoms with van der Waals surface area (Å²) in [7, 11) is 0. The van der Waals surface area contributed by atoms with Gasteiger partial charge in [0.15, 0.2) is 0 Å². The quantitative estimate of drug-likeness (QED) is 0.873. The number of benzene rings is 1. The molecule has 1 fully saturated rings. The Morgan fingerprint density at radius 1 is 1.05 bits per heavy atom. The second kappa shape index (κ2) is 6.27. The molecule has 0 saturated heterocycles. The lowest BCUT2D eigenvalue weighted by atomic mass is 9.81. The van der Waals surface area contributed by atoms with Crippen LogP contribution in [0.3, 0.4) is 0 Å². The molecular weight excluding hydrogens is 246 g/mol. The zero-order valence-electron chi connectivity index (χ0n) is 12.1. The molecule has 106 valence electrons. The molecule has 2 aromatic rings. The summed E-state index contributed by atoms with van der Waals surface area (Å²) in [6.07, 6.45) is 8.70. The van der Waals surface area contributed by atoms with Gasteiger partial charge in [-0.25, -0.2) is 0 Å². The highest BCUT2D eigenvalue weighted by Gasteiger charge is 2.23. The van der Waals surface area contributed by atoms with Crippen LogP contribution < -0.4 is 5.32 Å². The predicted octanol–water partition coefficient (Wildman–Crippen LogP) is 4.66. The van der Waals surface area contributed by atoms with Crippen LogP contribution >= 0.6 is 0 Å². The van der Waals surface area contributed by atoms with Crippen LogP contribution in [0.2, 0.25) is 0 Å². The summed E-state index contributed by atoms with van der Waals surface area (Å²) in [5.41, 5.74) is 2.75. The van der Waals surface area contributed by atoms with E-state index in [4.69, 9.17) is 4.42 Å². The highest BCUT2D eigenvalue weighted by atomic mass is 16.3. The minimum atomic E-state index is 0.382. The average molecular weight is 269 g/mol. The molecule has 0 spiro atoms. The summed E-state index contributed by atoms with van der Waals surface area (Å²) in [6, 6.07) is 14.0. The molecule has 1 atom stereocenters. The van der Waals surface area contributed by atoms with E-state index in [1.165, 1.54) is 36.8 Å². The largest absolute Gasteiger partial charge is 0.472 e. The molecule has 1 N–H and O–H groups in total. The van der Waals surface area contributed by atoms with Crippen molar-refractivity contribution < 1.29 is 4.42 Å². The van der Waals surface area contributed by atoms with Crippen LogP contribution in [0, 0.1) is 0 Å². The van der Waals surface area contributed by atoms with E-state index < -0.39 is 0 Å². The first-order valence-electron chi connectivity index (χ1n) is 7.66. The van der Waals surface area contributed by atoms with E-state index in [1.807, 2.05) is 12.3 Å². The van der Waals surface area contributed by atoms with Crippen molar-refractivity contribution in [2.24, 2.45) is 0 Å². The van der Waals surface area contributed by atoms with E-state index in [2.05, 4.69) is 42.6 Å². The maximum absolute atomic E-state index is 5.16. The summed E-state index contributed by atoms with van der Waals surface area (Å²) >= 11 is 0. The molecule has 2 nitrogen and oxygen atoms in total. The Labute approximate surface area is 121 Å². The zero-order chi connectivity index (χ0) is 13.8. The van der Waals surface area contributed by atoms with Gasteiger partial charge >= 0.3 is 0 Å². The van der Waals surface area contributed by atoms with Gasteiger partial charge in [-0.15, -0.1) is 0 Å². The molecule has 1 aliphatic rings. The van der Waals surface area contributed by atoms with E-state index in [-0.39, 0.29) is 0 Å². The summed E-state index contributed by atoms with van der Waals surface area (Å²) in [5, 5.41) is 3.73. The van der Waals surface area contributed by atoms with Gasteiger partial charge in [0.1, 0.15) is 0 Å². The Morgan fingerprint density at radius 2 is 1.80 bits per heavy atom. The van der Waals surface area contributed by atoms with Crippen LogP contribution in [0.15, 0.2) is 53.3 Å². The Balaban J connectivity index is 1.51. The minimum absolute atomic E-state index is 0.382. The fourth-order valence-electron chi connectivity index (χ4n) is 3.29. The van der Waals surface area contributed by atoms with Gasteiger partial charge < -0.3 is 9.73 Å². The van der Waals surface area contributed by atoms with Gasteiger partial charge in [0, 0.05) is 17.6 Å². The maximum atomic E-state index is 5.16. The molecule has 1 saturated carbocycles. The van der Waals surface area contributed by atoms with Gasteiger partial charge in [0.05, 0.1) is 12.5 Å². The molecular formula is C18H23NO. The van der Waals surface area contributed by atoms with E-state index in [0.717, 1.165) is 5.92 Å². The molecule has 0 aliphatic heterocycles. The van der Waals surface area contributed by atoms with Crippen LogP contribution in [-0.4, -0.2) is 6.04 Å². The van der Waals surface area contributed by atoms with E-state index in [9.17, 15) is 0 Å². The molecule has 20 heavy (non-hydrogen) atoms. The molecule has 2 heteroatoms. The Bertz CT molecular complexity index is 497. The molecule has 0 radical (unpaired) electrons. The Morgan fingerprint density at radius 3 is 2.45 bits per heavy atom. The molecule has 1 aliphatic carbocycles. The third-order valence-electron chi connectivity index (χ3n) is 4.53. The van der Waals surface area contributed by atoms with Crippen molar-refractivity contribution >= 4 is 0 Å². The molecule has 3 rings (SSSR count). The monoisotopic (exact) mass is 269 g/mol. The summed E-state index contributed by atoms with van der Waals surface area (Å²) in [6.45, 7) is 2.22. The molecule has 1 heterocycles. The number of nitrogens with one attached hydrogen (secondary N) is 1. The molecule has 0 bridgehead atoms. The van der Waals surface area contributed by atoms with Crippen LogP contribution in [0.1, 0.15) is 55.7 Å². The van der Waals surface area contributed by atoms with E-state index in [0.29, 0.717) is 12.1 Å². The molecule has 1 aromatic carbocycles. The number of furan rings is 1. The van der Waals surface area contributed by atoms with Crippen molar-refractivity contribution in [1.29, 1.82) is 0 Å². The van der Waals surface area contributed by atoms with Gasteiger partial charge in [0.2, 0.25) is 0 Å². The van der Waals surface area contributed by atoms with Gasteiger partial charge in [-0.05, 0) is 50.2 Å². The first kappa shape index (κ1) is 13.4. The third-order valence-corrected chi connectivity index (χ3v) is 4.53. The van der Waals surface area contributed by atoms with Crippen molar-refractivity contribution in [3.63, 3.8) is 0 Å². The molecule has 1 unspecified atom stereocenters. The van der Waals surface area contributed by atoms with Crippen LogP contribution in [0.4, 0.5) is 0 Å². The van der Waals surface area contributed by atoms with Crippen molar-refractivity contribution in [2.45, 2.75) is 50.6 Å². The highest BCUT2D eigenvalue weighted by molar-refractivity contribution is 5.20. The second-order valence-corrected chi connectivity index (χ2v) is 5.90. The standard InChI is InChI=1S/C18H23NO/c1-14(17-11-12-20-13-17)19-18-9-7-16(8-10-18)15-5-3-2-4-6-15/h2-6,11-14,16,18-19H,7-10H2,1H3. The predicted molar refractivity (Wildman–Crippen MR) is 81.7 cm³/mol. The van der Waals surface area contributed by atoms with E-state index in [1.54, 1.807) is 6.26 Å². The lowest BCUT2D eigenvalue weighted by Crippen LogP contribution is -2.34. The third kappa shape index (κ3) is 3.13. The lowest BCUT2D eigenvalue weighted by molar-refractivity contribution is 0.321. The highest BCUT2D eigenvalue weighted by Crippen LogP contribution is 2.33. The lowest BCUT2D eigenvalue weighted by Gasteiger charge is -2.31. The Hall–Kier alpha value is -1.54. The van der Waals surface area contributed by atoms with Crippen LogP contribution in [0.5, 0.6) is 0 Å². The number of hydrogen-bond acceptors (Lipinski definition) is 2. The van der Waals surface area contributed by atoms with Crippen molar-refractivity contribution in [2.75, 3.05) is 0 Å². The van der Waals surface area contributed by atoms with Gasteiger partial charge in [0.25, 0.3) is 0 Å². The van der Waals surface area contributed by atoms with Crippen molar-refractivity contribution in [1.82, 2.24) is 5.32 Å². The second-order valence-electron chi connectivity index (χ2n) is 5.90. The topological polar surface area (TPSA) is 25.2 Å². The van der Waals surface area contributed by atoms with Crippen LogP contribution in [0.25, 0.3) is 0 Å². The zero-order valence-corrected chi connectivity index (χ0v) is 12.1. The number of hydrogen-bond donors (Lipinski definition) is 1. The molecule has 0 amide bonds. The summed E-state index contributed by atoms with van der Waals surface area (Å²) in [4.78, 5) is 0. The maximum Gasteiger partial charge on any atom is 0.0950 e. The van der Waals surface area contributed by atoms with Crippen LogP contribution in [-0.2, 0) is 0 Å². The minimum Gasteiger partial charge on any atom is -0.472 e. The van der Waals surface area contributed by atoms with E-state index >= 15 is 0 Å². The summed E-state index contributed by atoms with van der Waals surface area (Å²) in [5.74, 6) is 0.749.